The van der Waals surface area contributed by atoms with Gasteiger partial charge in [0, 0.05) is 12.1 Å². The fourth-order valence-electron chi connectivity index (χ4n) is 1.21. The first-order chi connectivity index (χ1) is 5.83. The average molecular weight is 159 g/mol. The third-order valence-corrected chi connectivity index (χ3v) is 1.81. The van der Waals surface area contributed by atoms with Gasteiger partial charge in [-0.2, -0.15) is 5.10 Å². The molecule has 0 aliphatic heterocycles. The Morgan fingerprint density at radius 3 is 3.08 bits per heavy atom. The van der Waals surface area contributed by atoms with E-state index >= 15 is 0 Å². The summed E-state index contributed by atoms with van der Waals surface area (Å²) in [5.74, 6) is 0. The fraction of sp³-hybridized carbons (Fsp3) is 0. The molecule has 0 saturated heterocycles. The third kappa shape index (κ3) is 0.863. The molecule has 2 N–H and O–H groups in total. The molecule has 2 aromatic heterocycles. The van der Waals surface area contributed by atoms with Crippen LogP contribution in [0.2, 0.25) is 0 Å². The molecular weight excluding hydrogens is 150 g/mol. The van der Waals surface area contributed by atoms with Crippen molar-refractivity contribution in [3.8, 4) is 0 Å². The Morgan fingerprint density at radius 2 is 2.33 bits per heavy atom. The Kier molecular flexibility index (Phi) is 1.50. The van der Waals surface area contributed by atoms with Gasteiger partial charge in [0.15, 0.2) is 0 Å². The molecule has 0 fully saturated rings. The third-order valence-electron chi connectivity index (χ3n) is 1.81. The van der Waals surface area contributed by atoms with E-state index in [2.05, 4.69) is 12.0 Å². The number of aromatic nitrogens is 2. The standard InChI is InChI=1S/C9H9N3/c1-2-7-4-3-5-9-8(10)6-11-12(7)9/h2-6H,1,10H2. The van der Waals surface area contributed by atoms with E-state index in [-0.39, 0.29) is 0 Å². The van der Waals surface area contributed by atoms with E-state index in [4.69, 9.17) is 5.73 Å². The normalized spacial score (nSPS) is 10.8. The van der Waals surface area contributed by atoms with Crippen molar-refractivity contribution in [3.05, 3.63) is 43.4 Å². The summed E-state index contributed by atoms with van der Waals surface area (Å²) >= 11 is 0. The summed E-state index contributed by atoms with van der Waals surface area (Å²) in [6, 6.07) is 5.80. The van der Waals surface area contributed by atoms with Crippen LogP contribution in [-0.2, 0) is 0 Å². The molecular formula is C9H9N3. The Labute approximate surface area is 70.8 Å². The number of nitrogen functional groups attached to an aromatic ring is 1. The minimum atomic E-state index is 0.693. The highest BCUT2D eigenvalue weighted by molar-refractivity contribution is 5.68. The van der Waals surface area contributed by atoms with E-state index in [1.165, 1.54) is 0 Å². The van der Waals surface area contributed by atoms with Gasteiger partial charge in [0.25, 0.3) is 0 Å². The Bertz CT molecular complexity index is 403. The topological polar surface area (TPSA) is 43.3 Å². The molecule has 0 aliphatic carbocycles. The highest BCUT2D eigenvalue weighted by Gasteiger charge is 2.01. The van der Waals surface area contributed by atoms with Gasteiger partial charge in [-0.15, -0.1) is 0 Å². The largest absolute Gasteiger partial charge is 0.396 e. The van der Waals surface area contributed by atoms with Gasteiger partial charge in [0.1, 0.15) is 0 Å². The molecule has 0 amide bonds. The van der Waals surface area contributed by atoms with Crippen LogP contribution in [-0.4, -0.2) is 9.61 Å². The van der Waals surface area contributed by atoms with Gasteiger partial charge in [0.2, 0.25) is 0 Å². The van der Waals surface area contributed by atoms with E-state index in [1.54, 1.807) is 17.1 Å². The van der Waals surface area contributed by atoms with Gasteiger partial charge >= 0.3 is 0 Å². The first-order valence-corrected chi connectivity index (χ1v) is 3.67. The molecule has 0 aliphatic rings. The predicted octanol–water partition coefficient (Wildman–Crippen LogP) is 1.30. The van der Waals surface area contributed by atoms with Gasteiger partial charge in [-0.25, -0.2) is 4.52 Å². The van der Waals surface area contributed by atoms with E-state index in [9.17, 15) is 0 Å². The van der Waals surface area contributed by atoms with E-state index in [0.29, 0.717) is 5.69 Å². The molecule has 3 heteroatoms. The van der Waals surface area contributed by atoms with Crippen molar-refractivity contribution in [3.63, 3.8) is 0 Å². The van der Waals surface area contributed by atoms with Crippen LogP contribution in [0, 0.1) is 13.3 Å². The Hall–Kier alpha value is -1.51. The number of nitrogens with two attached hydrogens (primary N) is 1. The summed E-state index contributed by atoms with van der Waals surface area (Å²) in [5.41, 5.74) is 8.25. The van der Waals surface area contributed by atoms with Crippen LogP contribution in [0.3, 0.4) is 0 Å². The second kappa shape index (κ2) is 2.52. The van der Waals surface area contributed by atoms with E-state index in [0.717, 1.165) is 11.2 Å². The van der Waals surface area contributed by atoms with Gasteiger partial charge in [0.05, 0.1) is 17.4 Å². The average Bonchev–Trinajstić information content (AvgIpc) is 2.48. The zero-order valence-corrected chi connectivity index (χ0v) is 6.57. The van der Waals surface area contributed by atoms with Crippen LogP contribution in [0.1, 0.15) is 5.69 Å². The van der Waals surface area contributed by atoms with Gasteiger partial charge in [-0.05, 0) is 19.1 Å². The molecule has 0 atom stereocenters. The van der Waals surface area contributed by atoms with Crippen molar-refractivity contribution in [1.29, 1.82) is 0 Å². The maximum absolute atomic E-state index is 5.68. The van der Waals surface area contributed by atoms with E-state index < -0.39 is 0 Å². The molecule has 0 aromatic carbocycles. The summed E-state index contributed by atoms with van der Waals surface area (Å²) in [4.78, 5) is 0. The van der Waals surface area contributed by atoms with Crippen LogP contribution >= 0.6 is 0 Å². The van der Waals surface area contributed by atoms with Crippen LogP contribution in [0.15, 0.2) is 24.4 Å². The molecule has 0 saturated carbocycles. The minimum Gasteiger partial charge on any atom is -0.396 e. The summed E-state index contributed by atoms with van der Waals surface area (Å²) < 4.78 is 1.77. The Balaban J connectivity index is 2.81. The summed E-state index contributed by atoms with van der Waals surface area (Å²) in [6.45, 7) is 3.69. The SMILES string of the molecule is [CH2][CH]c1cccc2c(N)cnn12. The van der Waals surface area contributed by atoms with Crippen molar-refractivity contribution in [2.75, 3.05) is 5.73 Å². The zero-order valence-electron chi connectivity index (χ0n) is 6.57. The lowest BCUT2D eigenvalue weighted by Crippen LogP contribution is -1.94. The molecule has 2 radical (unpaired) electrons. The first-order valence-electron chi connectivity index (χ1n) is 3.67. The predicted molar refractivity (Wildman–Crippen MR) is 48.4 cm³/mol. The van der Waals surface area contributed by atoms with Crippen molar-refractivity contribution >= 4 is 11.2 Å². The van der Waals surface area contributed by atoms with Gasteiger partial charge in [-0.3, -0.25) is 0 Å². The highest BCUT2D eigenvalue weighted by Crippen LogP contribution is 2.14. The molecule has 0 unspecified atom stereocenters. The number of pyridine rings is 1. The van der Waals surface area contributed by atoms with Crippen molar-refractivity contribution in [2.45, 2.75) is 0 Å². The fourth-order valence-corrected chi connectivity index (χ4v) is 1.21. The molecule has 0 spiro atoms. The number of rotatable bonds is 1. The second-order valence-electron chi connectivity index (χ2n) is 2.55. The van der Waals surface area contributed by atoms with Crippen LogP contribution in [0.25, 0.3) is 5.52 Å². The lowest BCUT2D eigenvalue weighted by atomic mass is 10.3. The molecule has 3 nitrogen and oxygen atoms in total. The van der Waals surface area contributed by atoms with Gasteiger partial charge in [-0.1, -0.05) is 6.07 Å². The molecule has 2 aromatic rings. The maximum Gasteiger partial charge on any atom is 0.0894 e. The van der Waals surface area contributed by atoms with Crippen molar-refractivity contribution in [1.82, 2.24) is 9.61 Å². The van der Waals surface area contributed by atoms with Crippen molar-refractivity contribution < 1.29 is 0 Å². The summed E-state index contributed by atoms with van der Waals surface area (Å²) in [7, 11) is 0. The van der Waals surface area contributed by atoms with Crippen LogP contribution in [0.4, 0.5) is 5.69 Å². The van der Waals surface area contributed by atoms with Gasteiger partial charge < -0.3 is 5.73 Å². The number of hydrogen-bond donors (Lipinski definition) is 1. The van der Waals surface area contributed by atoms with Crippen molar-refractivity contribution in [2.24, 2.45) is 0 Å². The molecule has 12 heavy (non-hydrogen) atoms. The van der Waals surface area contributed by atoms with Crippen LogP contribution in [0.5, 0.6) is 0 Å². The molecule has 2 heterocycles. The lowest BCUT2D eigenvalue weighted by Gasteiger charge is -1.99. The lowest BCUT2D eigenvalue weighted by molar-refractivity contribution is 0.928. The second-order valence-corrected chi connectivity index (χ2v) is 2.55. The first kappa shape index (κ1) is 7.16. The monoisotopic (exact) mass is 159 g/mol. The van der Waals surface area contributed by atoms with Crippen LogP contribution < -0.4 is 5.73 Å². The molecule has 60 valence electrons. The quantitative estimate of drug-likeness (QED) is 0.681. The number of fused-ring (bicyclic) bond motifs is 1. The molecule has 0 bridgehead atoms. The Morgan fingerprint density at radius 1 is 1.50 bits per heavy atom. The smallest absolute Gasteiger partial charge is 0.0894 e. The minimum absolute atomic E-state index is 0.693. The summed E-state index contributed by atoms with van der Waals surface area (Å²) in [6.07, 6.45) is 3.39. The highest BCUT2D eigenvalue weighted by atomic mass is 15.2. The van der Waals surface area contributed by atoms with E-state index in [1.807, 2.05) is 18.2 Å². The zero-order chi connectivity index (χ0) is 8.55. The summed E-state index contributed by atoms with van der Waals surface area (Å²) in [5, 5.41) is 4.11. The number of nitrogens with zero attached hydrogens (tertiary/aromatic N) is 2. The number of anilines is 1. The maximum atomic E-state index is 5.68. The number of hydrogen-bond acceptors (Lipinski definition) is 2. The molecule has 2 rings (SSSR count).